The Hall–Kier alpha value is -3.04. The fourth-order valence-electron chi connectivity index (χ4n) is 4.13. The molecule has 0 saturated heterocycles. The van der Waals surface area contributed by atoms with E-state index in [0.717, 1.165) is 12.0 Å². The molecule has 3 aromatic carbocycles. The molecule has 0 N–H and O–H groups in total. The summed E-state index contributed by atoms with van der Waals surface area (Å²) in [5.41, 5.74) is 1.98. The van der Waals surface area contributed by atoms with Crippen LogP contribution >= 0.6 is 11.6 Å². The van der Waals surface area contributed by atoms with Gasteiger partial charge in [-0.1, -0.05) is 42.8 Å². The smallest absolute Gasteiger partial charge is 0.266 e. The maximum atomic E-state index is 13.8. The van der Waals surface area contributed by atoms with Crippen LogP contribution in [0, 0.1) is 0 Å². The number of hydrogen-bond donors (Lipinski definition) is 0. The molecular formula is C27H28ClN3O4S. The van der Waals surface area contributed by atoms with Crippen molar-refractivity contribution in [3.63, 3.8) is 0 Å². The molecule has 4 rings (SSSR count). The van der Waals surface area contributed by atoms with Crippen LogP contribution in [0.2, 0.25) is 5.02 Å². The average Bonchev–Trinajstić information content (AvgIpc) is 2.89. The van der Waals surface area contributed by atoms with Crippen molar-refractivity contribution < 1.29 is 13.2 Å². The lowest BCUT2D eigenvalue weighted by Crippen LogP contribution is -2.39. The van der Waals surface area contributed by atoms with Crippen LogP contribution in [-0.4, -0.2) is 42.5 Å². The highest BCUT2D eigenvalue weighted by molar-refractivity contribution is 7.89. The van der Waals surface area contributed by atoms with E-state index in [1.165, 1.54) is 40.2 Å². The number of fused-ring (bicyclic) bond motifs is 1. The second kappa shape index (κ2) is 10.9. The number of rotatable bonds is 9. The summed E-state index contributed by atoms with van der Waals surface area (Å²) in [5.74, 6) is 0.316. The average molecular weight is 526 g/mol. The third-order valence-electron chi connectivity index (χ3n) is 6.15. The highest BCUT2D eigenvalue weighted by Gasteiger charge is 2.33. The number of sulfonamides is 1. The van der Waals surface area contributed by atoms with Gasteiger partial charge in [-0.15, -0.1) is 0 Å². The van der Waals surface area contributed by atoms with Gasteiger partial charge in [-0.05, 0) is 67.4 Å². The Labute approximate surface area is 216 Å². The number of hydrogen-bond acceptors (Lipinski definition) is 5. The topological polar surface area (TPSA) is 81.5 Å². The van der Waals surface area contributed by atoms with Crippen LogP contribution in [0.15, 0.2) is 82.5 Å². The first-order chi connectivity index (χ1) is 17.3. The molecule has 0 radical (unpaired) electrons. The number of halogens is 1. The molecule has 7 nitrogen and oxygen atoms in total. The Kier molecular flexibility index (Phi) is 7.90. The van der Waals surface area contributed by atoms with Crippen LogP contribution in [0.3, 0.4) is 0 Å². The normalized spacial score (nSPS) is 12.8. The summed E-state index contributed by atoms with van der Waals surface area (Å²) >= 11 is 5.99. The van der Waals surface area contributed by atoms with E-state index in [0.29, 0.717) is 27.4 Å². The molecular weight excluding hydrogens is 498 g/mol. The third kappa shape index (κ3) is 5.08. The van der Waals surface area contributed by atoms with Crippen molar-refractivity contribution in [1.29, 1.82) is 0 Å². The van der Waals surface area contributed by atoms with E-state index in [4.69, 9.17) is 21.3 Å². The first kappa shape index (κ1) is 26.0. The first-order valence-corrected chi connectivity index (χ1v) is 13.5. The molecule has 36 heavy (non-hydrogen) atoms. The van der Waals surface area contributed by atoms with Crippen LogP contribution in [0.25, 0.3) is 16.6 Å². The zero-order chi connectivity index (χ0) is 25.9. The Morgan fingerprint density at radius 2 is 1.69 bits per heavy atom. The minimum absolute atomic E-state index is 0.0695. The third-order valence-corrected chi connectivity index (χ3v) is 8.38. The second-order valence-electron chi connectivity index (χ2n) is 8.39. The van der Waals surface area contributed by atoms with E-state index < -0.39 is 16.1 Å². The van der Waals surface area contributed by atoms with Crippen molar-refractivity contribution in [2.75, 3.05) is 20.3 Å². The number of benzene rings is 3. The van der Waals surface area contributed by atoms with Crippen LogP contribution in [-0.2, 0) is 21.2 Å². The molecule has 0 aliphatic carbocycles. The predicted octanol–water partition coefficient (Wildman–Crippen LogP) is 5.00. The quantitative estimate of drug-likeness (QED) is 0.307. The van der Waals surface area contributed by atoms with Crippen molar-refractivity contribution >= 4 is 32.5 Å². The molecule has 0 fully saturated rings. The lowest BCUT2D eigenvalue weighted by Gasteiger charge is -2.29. The minimum Gasteiger partial charge on any atom is -0.383 e. The zero-order valence-corrected chi connectivity index (χ0v) is 22.0. The molecule has 1 atom stereocenters. The van der Waals surface area contributed by atoms with E-state index in [9.17, 15) is 13.2 Å². The van der Waals surface area contributed by atoms with E-state index in [-0.39, 0.29) is 23.6 Å². The molecule has 0 saturated carbocycles. The lowest BCUT2D eigenvalue weighted by molar-refractivity contribution is 0.166. The summed E-state index contributed by atoms with van der Waals surface area (Å²) in [5, 5.41) is 0.892. The molecule has 1 aromatic heterocycles. The summed E-state index contributed by atoms with van der Waals surface area (Å²) in [4.78, 5) is 18.6. The van der Waals surface area contributed by atoms with Gasteiger partial charge in [0.05, 0.1) is 34.1 Å². The molecule has 0 aliphatic rings. The highest BCUT2D eigenvalue weighted by atomic mass is 35.5. The molecule has 1 unspecified atom stereocenters. The Balaban J connectivity index is 1.93. The largest absolute Gasteiger partial charge is 0.383 e. The number of methoxy groups -OCH3 is 1. The molecule has 0 bridgehead atoms. The van der Waals surface area contributed by atoms with Gasteiger partial charge in [0, 0.05) is 18.7 Å². The minimum atomic E-state index is -3.97. The molecule has 188 valence electrons. The van der Waals surface area contributed by atoms with Crippen LogP contribution in [0.1, 0.15) is 31.3 Å². The number of para-hydroxylation sites is 1. The van der Waals surface area contributed by atoms with Gasteiger partial charge in [-0.2, -0.15) is 4.31 Å². The summed E-state index contributed by atoms with van der Waals surface area (Å²) in [7, 11) is -2.46. The second-order valence-corrected chi connectivity index (χ2v) is 10.7. The van der Waals surface area contributed by atoms with Gasteiger partial charge in [-0.3, -0.25) is 9.36 Å². The van der Waals surface area contributed by atoms with Crippen molar-refractivity contribution in [2.45, 2.75) is 31.2 Å². The Bertz CT molecular complexity index is 1520. The molecule has 0 amide bonds. The van der Waals surface area contributed by atoms with Crippen LogP contribution in [0.5, 0.6) is 0 Å². The fourth-order valence-corrected chi connectivity index (χ4v) is 5.84. The monoisotopic (exact) mass is 525 g/mol. The Morgan fingerprint density at radius 1 is 1.03 bits per heavy atom. The maximum Gasteiger partial charge on any atom is 0.266 e. The van der Waals surface area contributed by atoms with E-state index in [2.05, 4.69) is 6.92 Å². The van der Waals surface area contributed by atoms with Crippen molar-refractivity contribution in [1.82, 2.24) is 13.9 Å². The number of aryl methyl sites for hydroxylation is 1. The predicted molar refractivity (Wildman–Crippen MR) is 142 cm³/mol. The van der Waals surface area contributed by atoms with Crippen LogP contribution < -0.4 is 5.56 Å². The van der Waals surface area contributed by atoms with E-state index >= 15 is 0 Å². The number of nitrogens with zero attached hydrogens (tertiary/aromatic N) is 3. The van der Waals surface area contributed by atoms with Gasteiger partial charge in [0.25, 0.3) is 5.56 Å². The van der Waals surface area contributed by atoms with Gasteiger partial charge >= 0.3 is 0 Å². The summed E-state index contributed by atoms with van der Waals surface area (Å²) < 4.78 is 35.6. The summed E-state index contributed by atoms with van der Waals surface area (Å²) in [6.07, 6.45) is 0.860. The van der Waals surface area contributed by atoms with Gasteiger partial charge < -0.3 is 4.74 Å². The van der Waals surface area contributed by atoms with E-state index in [1.807, 2.05) is 24.3 Å². The highest BCUT2D eigenvalue weighted by Crippen LogP contribution is 2.29. The summed E-state index contributed by atoms with van der Waals surface area (Å²) in [6.45, 7) is 4.03. The fraction of sp³-hybridized carbons (Fsp3) is 0.259. The van der Waals surface area contributed by atoms with Gasteiger partial charge in [0.1, 0.15) is 5.82 Å². The molecule has 4 aromatic rings. The van der Waals surface area contributed by atoms with E-state index in [1.54, 1.807) is 31.2 Å². The van der Waals surface area contributed by atoms with Gasteiger partial charge in [0.15, 0.2) is 0 Å². The SMILES string of the molecule is CCc1ccc(-n2c(C(C)N(CCOC)S(=O)(=O)c3ccc(Cl)cc3)nc3ccccc3c2=O)cc1. The van der Waals surface area contributed by atoms with Gasteiger partial charge in [-0.25, -0.2) is 13.4 Å². The zero-order valence-electron chi connectivity index (χ0n) is 20.4. The lowest BCUT2D eigenvalue weighted by atomic mass is 10.1. The molecule has 0 spiro atoms. The molecule has 0 aliphatic heterocycles. The van der Waals surface area contributed by atoms with Crippen LogP contribution in [0.4, 0.5) is 0 Å². The summed E-state index contributed by atoms with van der Waals surface area (Å²) in [6, 6.07) is 19.9. The standard InChI is InChI=1S/C27H28ClN3O4S/c1-4-20-9-13-22(14-10-20)31-26(29-25-8-6-5-7-24(25)27(31)32)19(2)30(17-18-35-3)36(33,34)23-15-11-21(28)12-16-23/h5-16,19H,4,17-18H2,1-3H3. The van der Waals surface area contributed by atoms with Gasteiger partial charge in [0.2, 0.25) is 10.0 Å². The molecule has 1 heterocycles. The van der Waals surface area contributed by atoms with Crippen molar-refractivity contribution in [2.24, 2.45) is 0 Å². The van der Waals surface area contributed by atoms with Crippen molar-refractivity contribution in [3.05, 3.63) is 99.6 Å². The molecule has 9 heteroatoms. The number of aromatic nitrogens is 2. The maximum absolute atomic E-state index is 13.8. The Morgan fingerprint density at radius 3 is 2.33 bits per heavy atom. The van der Waals surface area contributed by atoms with Crippen molar-refractivity contribution in [3.8, 4) is 5.69 Å². The number of ether oxygens (including phenoxy) is 1. The first-order valence-electron chi connectivity index (χ1n) is 11.6.